The smallest absolute Gasteiger partial charge is 0.244 e. The van der Waals surface area contributed by atoms with Crippen LogP contribution in [-0.4, -0.2) is 50.0 Å². The van der Waals surface area contributed by atoms with E-state index in [1.165, 1.54) is 4.90 Å². The molecule has 37 heavy (non-hydrogen) atoms. The normalized spacial score (nSPS) is 14.9. The molecule has 2 aromatic rings. The molecule has 1 fully saturated rings. The molecule has 1 N–H and O–H groups in total. The third-order valence-corrected chi connectivity index (χ3v) is 8.63. The van der Waals surface area contributed by atoms with Gasteiger partial charge < -0.3 is 10.2 Å². The number of carbonyl (C=O) groups excluding carboxylic acids is 2. The fraction of sp³-hybridized carbons (Fsp3) is 0.462. The SMILES string of the molecule is CC[C@H](C(=O)NC1CCCC1)N(Cc1ccc(Cl)c(Cl)c1)C(=O)CN(c1ccc(Cl)cc1C)S(C)(=O)=O. The van der Waals surface area contributed by atoms with Gasteiger partial charge in [0.15, 0.2) is 0 Å². The lowest BCUT2D eigenvalue weighted by molar-refractivity contribution is -0.140. The van der Waals surface area contributed by atoms with Crippen LogP contribution in [-0.2, 0) is 26.2 Å². The van der Waals surface area contributed by atoms with E-state index in [4.69, 9.17) is 34.8 Å². The van der Waals surface area contributed by atoms with Crippen molar-refractivity contribution in [3.05, 3.63) is 62.6 Å². The number of halogens is 3. The fourth-order valence-electron chi connectivity index (χ4n) is 4.62. The van der Waals surface area contributed by atoms with Gasteiger partial charge in [0.05, 0.1) is 22.0 Å². The molecular formula is C26H32Cl3N3O4S. The highest BCUT2D eigenvalue weighted by Crippen LogP contribution is 2.27. The van der Waals surface area contributed by atoms with Crippen molar-refractivity contribution in [1.82, 2.24) is 10.2 Å². The molecule has 1 saturated carbocycles. The van der Waals surface area contributed by atoms with Crippen LogP contribution >= 0.6 is 34.8 Å². The Morgan fingerprint density at radius 1 is 1.05 bits per heavy atom. The van der Waals surface area contributed by atoms with E-state index in [0.29, 0.717) is 38.3 Å². The molecule has 1 aliphatic rings. The maximum atomic E-state index is 13.8. The first-order chi connectivity index (χ1) is 17.4. The maximum Gasteiger partial charge on any atom is 0.244 e. The summed E-state index contributed by atoms with van der Waals surface area (Å²) in [6.07, 6.45) is 5.31. The summed E-state index contributed by atoms with van der Waals surface area (Å²) in [5, 5.41) is 4.23. The number of hydrogen-bond donors (Lipinski definition) is 1. The minimum atomic E-state index is -3.83. The molecule has 1 atom stereocenters. The van der Waals surface area contributed by atoms with Crippen LogP contribution in [0, 0.1) is 6.92 Å². The van der Waals surface area contributed by atoms with Crippen molar-refractivity contribution in [3.8, 4) is 0 Å². The minimum Gasteiger partial charge on any atom is -0.352 e. The van der Waals surface area contributed by atoms with Gasteiger partial charge >= 0.3 is 0 Å². The van der Waals surface area contributed by atoms with E-state index in [2.05, 4.69) is 5.32 Å². The first-order valence-electron chi connectivity index (χ1n) is 12.2. The molecule has 0 unspecified atom stereocenters. The quantitative estimate of drug-likeness (QED) is 0.392. The van der Waals surface area contributed by atoms with Crippen molar-refractivity contribution >= 4 is 62.3 Å². The predicted octanol–water partition coefficient (Wildman–Crippen LogP) is 5.59. The van der Waals surface area contributed by atoms with E-state index >= 15 is 0 Å². The summed E-state index contributed by atoms with van der Waals surface area (Å²) in [6.45, 7) is 3.13. The number of nitrogens with one attached hydrogen (secondary N) is 1. The molecule has 0 radical (unpaired) electrons. The average molecular weight is 589 g/mol. The van der Waals surface area contributed by atoms with Gasteiger partial charge in [0, 0.05) is 17.6 Å². The molecule has 11 heteroatoms. The first kappa shape index (κ1) is 29.6. The maximum absolute atomic E-state index is 13.8. The number of sulfonamides is 1. The van der Waals surface area contributed by atoms with Crippen LogP contribution in [0.5, 0.6) is 0 Å². The number of amides is 2. The van der Waals surface area contributed by atoms with Gasteiger partial charge in [-0.05, 0) is 67.6 Å². The lowest BCUT2D eigenvalue weighted by Crippen LogP contribution is -2.53. The molecular weight excluding hydrogens is 557 g/mol. The van der Waals surface area contributed by atoms with Crippen LogP contribution in [0.4, 0.5) is 5.69 Å². The first-order valence-corrected chi connectivity index (χ1v) is 15.2. The molecule has 0 aliphatic heterocycles. The second kappa shape index (κ2) is 12.7. The van der Waals surface area contributed by atoms with Crippen LogP contribution < -0.4 is 9.62 Å². The predicted molar refractivity (Wildman–Crippen MR) is 150 cm³/mol. The highest BCUT2D eigenvalue weighted by Gasteiger charge is 2.33. The van der Waals surface area contributed by atoms with Crippen LogP contribution in [0.15, 0.2) is 36.4 Å². The Labute approximate surface area is 234 Å². The number of nitrogens with zero attached hydrogens (tertiary/aromatic N) is 2. The molecule has 2 amide bonds. The van der Waals surface area contributed by atoms with Gasteiger partial charge in [0.1, 0.15) is 12.6 Å². The number of hydrogen-bond acceptors (Lipinski definition) is 4. The summed E-state index contributed by atoms with van der Waals surface area (Å²) in [4.78, 5) is 28.6. The summed E-state index contributed by atoms with van der Waals surface area (Å²) in [5.74, 6) is -0.768. The van der Waals surface area contributed by atoms with Gasteiger partial charge in [0.25, 0.3) is 0 Å². The second-order valence-corrected chi connectivity index (χ2v) is 12.5. The zero-order valence-corrected chi connectivity index (χ0v) is 24.2. The molecule has 0 bridgehead atoms. The number of rotatable bonds is 10. The highest BCUT2D eigenvalue weighted by atomic mass is 35.5. The lowest BCUT2D eigenvalue weighted by atomic mass is 10.1. The van der Waals surface area contributed by atoms with Gasteiger partial charge in [-0.15, -0.1) is 0 Å². The minimum absolute atomic E-state index is 0.0590. The van der Waals surface area contributed by atoms with Gasteiger partial charge in [-0.3, -0.25) is 13.9 Å². The van der Waals surface area contributed by atoms with Gasteiger partial charge in [0.2, 0.25) is 21.8 Å². The van der Waals surface area contributed by atoms with E-state index in [0.717, 1.165) is 36.2 Å². The van der Waals surface area contributed by atoms with Crippen molar-refractivity contribution in [2.24, 2.45) is 0 Å². The van der Waals surface area contributed by atoms with E-state index in [9.17, 15) is 18.0 Å². The molecule has 1 aliphatic carbocycles. The van der Waals surface area contributed by atoms with Gasteiger partial charge in [-0.25, -0.2) is 8.42 Å². The molecule has 3 rings (SSSR count). The number of benzene rings is 2. The number of carbonyl (C=O) groups is 2. The Balaban J connectivity index is 1.96. The molecule has 2 aromatic carbocycles. The Hall–Kier alpha value is -2.00. The van der Waals surface area contributed by atoms with Gasteiger partial charge in [-0.1, -0.05) is 60.6 Å². The third kappa shape index (κ3) is 7.76. The van der Waals surface area contributed by atoms with E-state index in [1.807, 2.05) is 6.92 Å². The van der Waals surface area contributed by atoms with Crippen molar-refractivity contribution in [2.75, 3.05) is 17.1 Å². The van der Waals surface area contributed by atoms with Crippen molar-refractivity contribution < 1.29 is 18.0 Å². The summed E-state index contributed by atoms with van der Waals surface area (Å²) < 4.78 is 26.6. The van der Waals surface area contributed by atoms with E-state index in [1.54, 1.807) is 43.3 Å². The molecule has 0 aromatic heterocycles. The Morgan fingerprint density at radius 2 is 1.73 bits per heavy atom. The third-order valence-electron chi connectivity index (χ3n) is 6.53. The molecule has 202 valence electrons. The standard InChI is InChI=1S/C26H32Cl3N3O4S/c1-4-23(26(34)30-20-7-5-6-8-20)31(15-18-9-11-21(28)22(29)14-18)25(33)16-32(37(3,35)36)24-12-10-19(27)13-17(24)2/h9-14,20,23H,4-8,15-16H2,1-3H3,(H,30,34)/t23-/m1/s1. The van der Waals surface area contributed by atoms with Crippen LogP contribution in [0.3, 0.4) is 0 Å². The largest absolute Gasteiger partial charge is 0.352 e. The summed E-state index contributed by atoms with van der Waals surface area (Å²) in [7, 11) is -3.83. The topological polar surface area (TPSA) is 86.8 Å². The zero-order valence-electron chi connectivity index (χ0n) is 21.1. The number of anilines is 1. The second-order valence-electron chi connectivity index (χ2n) is 9.38. The average Bonchev–Trinajstić information content (AvgIpc) is 3.32. The Bertz CT molecular complexity index is 1250. The Morgan fingerprint density at radius 3 is 2.30 bits per heavy atom. The monoisotopic (exact) mass is 587 g/mol. The van der Waals surface area contributed by atoms with E-state index in [-0.39, 0.29) is 18.5 Å². The van der Waals surface area contributed by atoms with Gasteiger partial charge in [-0.2, -0.15) is 0 Å². The lowest BCUT2D eigenvalue weighted by Gasteiger charge is -2.33. The van der Waals surface area contributed by atoms with Crippen LogP contribution in [0.2, 0.25) is 15.1 Å². The Kier molecular flexibility index (Phi) is 10.1. The van der Waals surface area contributed by atoms with Crippen molar-refractivity contribution in [3.63, 3.8) is 0 Å². The molecule has 7 nitrogen and oxygen atoms in total. The fourth-order valence-corrected chi connectivity index (χ4v) is 6.07. The molecule has 0 spiro atoms. The summed E-state index contributed by atoms with van der Waals surface area (Å²) in [5.41, 5.74) is 1.62. The van der Waals surface area contributed by atoms with Crippen molar-refractivity contribution in [2.45, 2.75) is 64.6 Å². The van der Waals surface area contributed by atoms with Crippen LogP contribution in [0.25, 0.3) is 0 Å². The highest BCUT2D eigenvalue weighted by molar-refractivity contribution is 7.92. The van der Waals surface area contributed by atoms with E-state index < -0.39 is 28.5 Å². The summed E-state index contributed by atoms with van der Waals surface area (Å²) >= 11 is 18.3. The zero-order chi connectivity index (χ0) is 27.3. The summed E-state index contributed by atoms with van der Waals surface area (Å²) in [6, 6.07) is 9.06. The van der Waals surface area contributed by atoms with Crippen molar-refractivity contribution in [1.29, 1.82) is 0 Å². The molecule has 0 heterocycles. The number of aryl methyl sites for hydroxylation is 1. The van der Waals surface area contributed by atoms with Crippen LogP contribution in [0.1, 0.15) is 50.2 Å². The molecule has 0 saturated heterocycles.